The average Bonchev–Trinajstić information content (AvgIpc) is 3.40. The molecule has 1 unspecified atom stereocenters. The van der Waals surface area contributed by atoms with Gasteiger partial charge in [-0.2, -0.15) is 5.10 Å². The Bertz CT molecular complexity index is 717. The van der Waals surface area contributed by atoms with Gasteiger partial charge in [0.15, 0.2) is 0 Å². The van der Waals surface area contributed by atoms with Gasteiger partial charge in [-0.15, -0.1) is 0 Å². The van der Waals surface area contributed by atoms with Gasteiger partial charge < -0.3 is 4.90 Å². The molecule has 0 N–H and O–H groups in total. The normalized spacial score (nSPS) is 25.4. The molecule has 6 heteroatoms. The van der Waals surface area contributed by atoms with Gasteiger partial charge in [0.1, 0.15) is 0 Å². The van der Waals surface area contributed by atoms with Gasteiger partial charge in [-0.3, -0.25) is 14.5 Å². The molecule has 2 saturated heterocycles. The number of amides is 1. The smallest absolute Gasteiger partial charge is 0.266 e. The fourth-order valence-electron chi connectivity index (χ4n) is 4.42. The highest BCUT2D eigenvalue weighted by molar-refractivity contribution is 5.84. The zero-order chi connectivity index (χ0) is 18.3. The van der Waals surface area contributed by atoms with Gasteiger partial charge in [0.2, 0.25) is 5.91 Å². The number of carbonyl (C=O) groups excluding carboxylic acids is 1. The first-order valence-corrected chi connectivity index (χ1v) is 10.2. The number of hydrogen-bond donors (Lipinski definition) is 0. The third kappa shape index (κ3) is 3.56. The van der Waals surface area contributed by atoms with Crippen molar-refractivity contribution < 1.29 is 4.79 Å². The summed E-state index contributed by atoms with van der Waals surface area (Å²) in [5, 5.41) is 4.60. The van der Waals surface area contributed by atoms with Crippen LogP contribution in [0.3, 0.4) is 0 Å². The Morgan fingerprint density at radius 1 is 1.04 bits per heavy atom. The highest BCUT2D eigenvalue weighted by Gasteiger charge is 2.38. The molecule has 3 fully saturated rings. The molecule has 1 aromatic heterocycles. The Morgan fingerprint density at radius 3 is 2.38 bits per heavy atom. The Hall–Kier alpha value is -1.69. The summed E-state index contributed by atoms with van der Waals surface area (Å²) in [5.41, 5.74) is 1.09. The maximum atomic E-state index is 12.6. The quantitative estimate of drug-likeness (QED) is 0.806. The first kappa shape index (κ1) is 17.7. The van der Waals surface area contributed by atoms with Crippen molar-refractivity contribution in [2.45, 2.75) is 70.5 Å². The van der Waals surface area contributed by atoms with Crippen LogP contribution >= 0.6 is 0 Å². The zero-order valence-electron chi connectivity index (χ0n) is 15.9. The molecule has 1 saturated carbocycles. The van der Waals surface area contributed by atoms with Crippen LogP contribution in [0.15, 0.2) is 16.9 Å². The lowest BCUT2D eigenvalue weighted by molar-refractivity contribution is -0.134. The van der Waals surface area contributed by atoms with Crippen LogP contribution < -0.4 is 5.56 Å². The number of aromatic nitrogens is 2. The van der Waals surface area contributed by atoms with Crippen LogP contribution in [-0.2, 0) is 11.3 Å². The fraction of sp³-hybridized carbons (Fsp3) is 0.750. The third-order valence-corrected chi connectivity index (χ3v) is 6.24. The number of likely N-dealkylation sites (tertiary alicyclic amines) is 2. The summed E-state index contributed by atoms with van der Waals surface area (Å²) in [5.74, 6) is 1.35. The van der Waals surface area contributed by atoms with Crippen molar-refractivity contribution in [3.63, 3.8) is 0 Å². The van der Waals surface area contributed by atoms with Crippen LogP contribution in [0.5, 0.6) is 0 Å². The monoisotopic (exact) mass is 358 g/mol. The molecule has 0 aromatic carbocycles. The van der Waals surface area contributed by atoms with Crippen molar-refractivity contribution in [1.82, 2.24) is 19.6 Å². The molecule has 2 aliphatic heterocycles. The van der Waals surface area contributed by atoms with Crippen molar-refractivity contribution in [2.75, 3.05) is 19.6 Å². The summed E-state index contributed by atoms with van der Waals surface area (Å²) in [4.78, 5) is 29.1. The molecule has 26 heavy (non-hydrogen) atoms. The first-order chi connectivity index (χ1) is 12.5. The highest BCUT2D eigenvalue weighted by Crippen LogP contribution is 2.38. The number of rotatable bonds is 5. The lowest BCUT2D eigenvalue weighted by Crippen LogP contribution is -2.47. The van der Waals surface area contributed by atoms with E-state index in [4.69, 9.17) is 0 Å². The van der Waals surface area contributed by atoms with Gasteiger partial charge in [-0.1, -0.05) is 0 Å². The molecular formula is C20H30N4O2. The van der Waals surface area contributed by atoms with Crippen LogP contribution in [0.1, 0.15) is 57.6 Å². The molecule has 3 aliphatic rings. The van der Waals surface area contributed by atoms with Gasteiger partial charge in [-0.05, 0) is 71.0 Å². The summed E-state index contributed by atoms with van der Waals surface area (Å²) >= 11 is 0. The van der Waals surface area contributed by atoms with E-state index in [1.165, 1.54) is 12.8 Å². The van der Waals surface area contributed by atoms with E-state index in [2.05, 4.69) is 23.8 Å². The van der Waals surface area contributed by atoms with E-state index in [0.717, 1.165) is 44.6 Å². The summed E-state index contributed by atoms with van der Waals surface area (Å²) in [6, 6.07) is 3.93. The summed E-state index contributed by atoms with van der Waals surface area (Å²) in [7, 11) is 0. The minimum atomic E-state index is 0.00961. The minimum Gasteiger partial charge on any atom is -0.339 e. The maximum Gasteiger partial charge on any atom is 0.266 e. The van der Waals surface area contributed by atoms with E-state index in [1.807, 2.05) is 11.0 Å². The molecular weight excluding hydrogens is 328 g/mol. The van der Waals surface area contributed by atoms with Crippen LogP contribution in [0, 0.1) is 5.92 Å². The molecule has 142 valence electrons. The average molecular weight is 358 g/mol. The molecule has 6 nitrogen and oxygen atoms in total. The fourth-order valence-corrected chi connectivity index (χ4v) is 4.42. The maximum absolute atomic E-state index is 12.6. The molecule has 0 radical (unpaired) electrons. The van der Waals surface area contributed by atoms with Gasteiger partial charge in [0.05, 0.1) is 11.7 Å². The minimum absolute atomic E-state index is 0.00961. The molecule has 1 aliphatic carbocycles. The van der Waals surface area contributed by atoms with Crippen LogP contribution in [0.2, 0.25) is 0 Å². The summed E-state index contributed by atoms with van der Waals surface area (Å²) < 4.78 is 1.68. The second-order valence-corrected chi connectivity index (χ2v) is 8.46. The van der Waals surface area contributed by atoms with Crippen LogP contribution in [0.25, 0.3) is 0 Å². The Morgan fingerprint density at radius 2 is 1.77 bits per heavy atom. The second kappa shape index (κ2) is 7.14. The van der Waals surface area contributed by atoms with Crippen molar-refractivity contribution >= 4 is 5.91 Å². The van der Waals surface area contributed by atoms with E-state index in [0.29, 0.717) is 30.3 Å². The van der Waals surface area contributed by atoms with Crippen molar-refractivity contribution in [2.24, 2.45) is 5.92 Å². The molecule has 0 spiro atoms. The molecule has 0 bridgehead atoms. The topological polar surface area (TPSA) is 58.4 Å². The zero-order valence-corrected chi connectivity index (χ0v) is 15.9. The predicted molar refractivity (Wildman–Crippen MR) is 100 cm³/mol. The standard InChI is InChI=1S/C20H30N4O2/c1-14(2)23-12-9-18(20(23)26)22-10-7-15(8-11-22)13-24-19(25)6-5-17(21-24)16-3-4-16/h5-6,14-16,18H,3-4,7-13H2,1-2H3. The molecule has 1 atom stereocenters. The Kier molecular flexibility index (Phi) is 4.86. The van der Waals surface area contributed by atoms with Gasteiger partial charge in [0, 0.05) is 31.1 Å². The Labute approximate surface area is 155 Å². The number of hydrogen-bond acceptors (Lipinski definition) is 4. The SMILES string of the molecule is CC(C)N1CCC(N2CCC(Cn3nc(C4CC4)ccc3=O)CC2)C1=O. The largest absolute Gasteiger partial charge is 0.339 e. The number of piperidine rings is 1. The summed E-state index contributed by atoms with van der Waals surface area (Å²) in [6.07, 6.45) is 5.42. The highest BCUT2D eigenvalue weighted by atomic mass is 16.2. The lowest BCUT2D eigenvalue weighted by Gasteiger charge is -2.35. The van der Waals surface area contributed by atoms with E-state index >= 15 is 0 Å². The van der Waals surface area contributed by atoms with Gasteiger partial charge in [0.25, 0.3) is 5.56 Å². The van der Waals surface area contributed by atoms with E-state index < -0.39 is 0 Å². The summed E-state index contributed by atoms with van der Waals surface area (Å²) in [6.45, 7) is 7.67. The number of nitrogens with zero attached hydrogens (tertiary/aromatic N) is 4. The molecule has 1 aromatic rings. The van der Waals surface area contributed by atoms with Crippen molar-refractivity contribution in [3.8, 4) is 0 Å². The molecule has 4 rings (SSSR count). The van der Waals surface area contributed by atoms with Crippen LogP contribution in [0.4, 0.5) is 0 Å². The second-order valence-electron chi connectivity index (χ2n) is 8.46. The van der Waals surface area contributed by atoms with Crippen molar-refractivity contribution in [1.29, 1.82) is 0 Å². The third-order valence-electron chi connectivity index (χ3n) is 6.24. The van der Waals surface area contributed by atoms with Gasteiger partial charge >= 0.3 is 0 Å². The number of carbonyl (C=O) groups is 1. The van der Waals surface area contributed by atoms with Crippen LogP contribution in [-0.4, -0.2) is 57.2 Å². The van der Waals surface area contributed by atoms with E-state index in [1.54, 1.807) is 10.7 Å². The first-order valence-electron chi connectivity index (χ1n) is 10.2. The molecule has 3 heterocycles. The predicted octanol–water partition coefficient (Wildman–Crippen LogP) is 1.84. The van der Waals surface area contributed by atoms with Crippen molar-refractivity contribution in [3.05, 3.63) is 28.2 Å². The molecule has 1 amide bonds. The van der Waals surface area contributed by atoms with Gasteiger partial charge in [-0.25, -0.2) is 4.68 Å². The Balaban J connectivity index is 1.34. The van der Waals surface area contributed by atoms with E-state index in [-0.39, 0.29) is 11.6 Å². The lowest BCUT2D eigenvalue weighted by atomic mass is 9.95. The van der Waals surface area contributed by atoms with E-state index in [9.17, 15) is 9.59 Å².